The van der Waals surface area contributed by atoms with Gasteiger partial charge in [-0.1, -0.05) is 36.9 Å². The number of fused-ring (bicyclic) bond motifs is 1. The van der Waals surface area contributed by atoms with E-state index in [4.69, 9.17) is 10.5 Å². The van der Waals surface area contributed by atoms with Crippen LogP contribution in [-0.2, 0) is 9.59 Å². The van der Waals surface area contributed by atoms with Gasteiger partial charge in [-0.15, -0.1) is 0 Å². The smallest absolute Gasteiger partial charge is 0.257 e. The minimum atomic E-state index is -0.437. The van der Waals surface area contributed by atoms with Crippen LogP contribution in [0.4, 0.5) is 0 Å². The Balaban J connectivity index is 1.40. The van der Waals surface area contributed by atoms with Crippen LogP contribution in [0.15, 0.2) is 73.5 Å². The Labute approximate surface area is 199 Å². The molecule has 2 aromatic carbocycles. The SMILES string of the molecule is C=CC(=O)N1CCC[C@@H]1CN1C=C(c2ccc(Oc3ccccc3)cc2)C2C(N)NNC(=O)C21. The van der Waals surface area contributed by atoms with Crippen LogP contribution in [0.25, 0.3) is 5.57 Å². The van der Waals surface area contributed by atoms with Crippen molar-refractivity contribution in [3.05, 3.63) is 79.0 Å². The van der Waals surface area contributed by atoms with Crippen molar-refractivity contribution in [2.24, 2.45) is 11.7 Å². The number of hydrogen-bond donors (Lipinski definition) is 3. The summed E-state index contributed by atoms with van der Waals surface area (Å²) in [5.74, 6) is 1.09. The van der Waals surface area contributed by atoms with Gasteiger partial charge in [-0.05, 0) is 54.3 Å². The molecule has 0 radical (unpaired) electrons. The van der Waals surface area contributed by atoms with Crippen molar-refractivity contribution in [2.45, 2.75) is 31.1 Å². The molecular weight excluding hydrogens is 430 g/mol. The van der Waals surface area contributed by atoms with Crippen LogP contribution in [0.2, 0.25) is 0 Å². The molecule has 2 aromatic rings. The second-order valence-electron chi connectivity index (χ2n) is 8.88. The second-order valence-corrected chi connectivity index (χ2v) is 8.88. The number of nitrogens with zero attached hydrogens (tertiary/aromatic N) is 2. The highest BCUT2D eigenvalue weighted by molar-refractivity contribution is 5.89. The molecule has 8 heteroatoms. The lowest BCUT2D eigenvalue weighted by Gasteiger charge is -2.38. The Morgan fingerprint density at radius 3 is 2.62 bits per heavy atom. The average Bonchev–Trinajstić information content (AvgIpc) is 3.48. The molecule has 4 atom stereocenters. The van der Waals surface area contributed by atoms with E-state index in [0.29, 0.717) is 13.1 Å². The predicted octanol–water partition coefficient (Wildman–Crippen LogP) is 2.22. The average molecular weight is 460 g/mol. The monoisotopic (exact) mass is 459 g/mol. The van der Waals surface area contributed by atoms with Crippen molar-refractivity contribution in [2.75, 3.05) is 13.1 Å². The lowest BCUT2D eigenvalue weighted by molar-refractivity contribution is -0.131. The number of carbonyl (C=O) groups is 2. The summed E-state index contributed by atoms with van der Waals surface area (Å²) in [6.45, 7) is 4.91. The van der Waals surface area contributed by atoms with E-state index >= 15 is 0 Å². The van der Waals surface area contributed by atoms with Gasteiger partial charge < -0.3 is 20.3 Å². The zero-order valence-corrected chi connectivity index (χ0v) is 18.9. The number of rotatable bonds is 6. The van der Waals surface area contributed by atoms with Crippen LogP contribution in [-0.4, -0.2) is 53.0 Å². The molecule has 0 aromatic heterocycles. The van der Waals surface area contributed by atoms with Crippen LogP contribution in [0.5, 0.6) is 11.5 Å². The van der Waals surface area contributed by atoms with Crippen LogP contribution in [0, 0.1) is 5.92 Å². The van der Waals surface area contributed by atoms with E-state index in [9.17, 15) is 9.59 Å². The molecule has 3 unspecified atom stereocenters. The lowest BCUT2D eigenvalue weighted by atomic mass is 9.86. The minimum Gasteiger partial charge on any atom is -0.457 e. The number of nitrogens with one attached hydrogen (secondary N) is 2. The van der Waals surface area contributed by atoms with Crippen molar-refractivity contribution in [3.63, 3.8) is 0 Å². The Morgan fingerprint density at radius 2 is 1.88 bits per heavy atom. The molecular formula is C26H29N5O3. The number of hydrazine groups is 1. The van der Waals surface area contributed by atoms with Gasteiger partial charge in [0.05, 0.1) is 6.17 Å². The van der Waals surface area contributed by atoms with E-state index in [2.05, 4.69) is 17.4 Å². The summed E-state index contributed by atoms with van der Waals surface area (Å²) in [6, 6.07) is 17.0. The third kappa shape index (κ3) is 4.18. The van der Waals surface area contributed by atoms with Crippen LogP contribution >= 0.6 is 0 Å². The highest BCUT2D eigenvalue weighted by atomic mass is 16.5. The Kier molecular flexibility index (Phi) is 6.08. The fourth-order valence-corrected chi connectivity index (χ4v) is 5.19. The molecule has 8 nitrogen and oxygen atoms in total. The maximum absolute atomic E-state index is 12.9. The number of nitrogens with two attached hydrogens (primary N) is 1. The topological polar surface area (TPSA) is 99.9 Å². The molecule has 0 spiro atoms. The van der Waals surface area contributed by atoms with Crippen molar-refractivity contribution in [1.29, 1.82) is 0 Å². The van der Waals surface area contributed by atoms with Crippen LogP contribution in [0.3, 0.4) is 0 Å². The summed E-state index contributed by atoms with van der Waals surface area (Å²) in [5, 5.41) is 0. The van der Waals surface area contributed by atoms with Gasteiger partial charge in [0.25, 0.3) is 5.91 Å². The Hall–Kier alpha value is -3.62. The largest absolute Gasteiger partial charge is 0.457 e. The van der Waals surface area contributed by atoms with E-state index < -0.39 is 12.2 Å². The fraction of sp³-hybridized carbons (Fsp3) is 0.308. The van der Waals surface area contributed by atoms with Crippen LogP contribution in [0.1, 0.15) is 18.4 Å². The van der Waals surface area contributed by atoms with Gasteiger partial charge in [0.15, 0.2) is 0 Å². The molecule has 2 fully saturated rings. The number of hydrogen-bond acceptors (Lipinski definition) is 6. The summed E-state index contributed by atoms with van der Waals surface area (Å²) in [6.07, 6.45) is 4.80. The highest BCUT2D eigenvalue weighted by Gasteiger charge is 2.47. The number of para-hydroxylation sites is 1. The number of benzene rings is 2. The summed E-state index contributed by atoms with van der Waals surface area (Å²) in [4.78, 5) is 29.1. The van der Waals surface area contributed by atoms with Crippen molar-refractivity contribution >= 4 is 17.4 Å². The normalized spacial score (nSPS) is 26.0. The molecule has 176 valence electrons. The zero-order valence-electron chi connectivity index (χ0n) is 18.9. The van der Waals surface area contributed by atoms with Gasteiger partial charge in [-0.25, -0.2) is 5.43 Å². The first-order valence-corrected chi connectivity index (χ1v) is 11.6. The van der Waals surface area contributed by atoms with E-state index in [0.717, 1.165) is 35.5 Å². The van der Waals surface area contributed by atoms with Gasteiger partial charge >= 0.3 is 0 Å². The first-order chi connectivity index (χ1) is 16.5. The first kappa shape index (κ1) is 22.2. The summed E-state index contributed by atoms with van der Waals surface area (Å²) in [5.41, 5.74) is 14.0. The maximum atomic E-state index is 12.9. The number of amides is 2. The molecule has 2 saturated heterocycles. The molecule has 3 aliphatic rings. The molecule has 0 bridgehead atoms. The van der Waals surface area contributed by atoms with Gasteiger partial charge in [0.2, 0.25) is 5.91 Å². The third-order valence-electron chi connectivity index (χ3n) is 6.80. The molecule has 4 N–H and O–H groups in total. The Morgan fingerprint density at radius 1 is 1.15 bits per heavy atom. The summed E-state index contributed by atoms with van der Waals surface area (Å²) in [7, 11) is 0. The first-order valence-electron chi connectivity index (χ1n) is 11.6. The summed E-state index contributed by atoms with van der Waals surface area (Å²) >= 11 is 0. The Bertz CT molecular complexity index is 1100. The highest BCUT2D eigenvalue weighted by Crippen LogP contribution is 2.39. The maximum Gasteiger partial charge on any atom is 0.257 e. The molecule has 0 saturated carbocycles. The number of carbonyl (C=O) groups excluding carboxylic acids is 2. The predicted molar refractivity (Wildman–Crippen MR) is 129 cm³/mol. The van der Waals surface area contributed by atoms with Gasteiger partial charge in [-0.2, -0.15) is 0 Å². The van der Waals surface area contributed by atoms with Crippen molar-refractivity contribution < 1.29 is 14.3 Å². The standard InChI is InChI=1S/C26H29N5O3/c1-2-22(32)31-14-6-7-18(31)15-30-16-21(23-24(30)26(33)29-28-25(23)27)17-10-12-20(13-11-17)34-19-8-4-3-5-9-19/h2-5,8-13,16,18,23-25,28H,1,6-7,14-15,27H2,(H,29,33)/t18-,23?,24?,25?/m1/s1. The molecule has 3 aliphatic heterocycles. The fourth-order valence-electron chi connectivity index (χ4n) is 5.19. The van der Waals surface area contributed by atoms with E-state index in [-0.39, 0.29) is 23.8 Å². The molecule has 34 heavy (non-hydrogen) atoms. The van der Waals surface area contributed by atoms with E-state index in [1.54, 1.807) is 0 Å². The quantitative estimate of drug-likeness (QED) is 0.573. The molecule has 3 heterocycles. The van der Waals surface area contributed by atoms with Crippen LogP contribution < -0.4 is 21.3 Å². The van der Waals surface area contributed by atoms with Gasteiger partial charge in [0, 0.05) is 31.2 Å². The van der Waals surface area contributed by atoms with Crippen molar-refractivity contribution in [3.8, 4) is 11.5 Å². The van der Waals surface area contributed by atoms with Crippen molar-refractivity contribution in [1.82, 2.24) is 20.7 Å². The number of likely N-dealkylation sites (tertiary alicyclic amines) is 1. The number of ether oxygens (including phenoxy) is 1. The minimum absolute atomic E-state index is 0.0299. The zero-order chi connectivity index (χ0) is 23.7. The molecule has 2 amide bonds. The van der Waals surface area contributed by atoms with E-state index in [1.165, 1.54) is 6.08 Å². The van der Waals surface area contributed by atoms with E-state index in [1.807, 2.05) is 70.6 Å². The lowest BCUT2D eigenvalue weighted by Crippen LogP contribution is -2.66. The molecule has 0 aliphatic carbocycles. The second kappa shape index (κ2) is 9.32. The molecule has 5 rings (SSSR count). The van der Waals surface area contributed by atoms with Gasteiger partial charge in [-0.3, -0.25) is 15.0 Å². The van der Waals surface area contributed by atoms with Gasteiger partial charge in [0.1, 0.15) is 17.5 Å². The summed E-state index contributed by atoms with van der Waals surface area (Å²) < 4.78 is 5.92. The third-order valence-corrected chi connectivity index (χ3v) is 6.80.